The van der Waals surface area contributed by atoms with Gasteiger partial charge in [0.15, 0.2) is 0 Å². The van der Waals surface area contributed by atoms with E-state index in [9.17, 15) is 14.4 Å². The Morgan fingerprint density at radius 1 is 1.11 bits per heavy atom. The highest BCUT2D eigenvalue weighted by Crippen LogP contribution is 2.24. The predicted molar refractivity (Wildman–Crippen MR) is 135 cm³/mol. The maximum absolute atomic E-state index is 12.7. The van der Waals surface area contributed by atoms with Gasteiger partial charge in [0.2, 0.25) is 11.9 Å². The molecule has 0 fully saturated rings. The van der Waals surface area contributed by atoms with Gasteiger partial charge in [-0.1, -0.05) is 30.3 Å². The Morgan fingerprint density at radius 3 is 2.61 bits per heavy atom. The third-order valence-electron chi connectivity index (χ3n) is 4.42. The van der Waals surface area contributed by atoms with E-state index in [1.807, 2.05) is 0 Å². The van der Waals surface area contributed by atoms with E-state index in [1.54, 1.807) is 30.3 Å². The highest BCUT2D eigenvalue weighted by atomic mass is 35.5. The minimum absolute atomic E-state index is 0.0446. The van der Waals surface area contributed by atoms with Gasteiger partial charge in [-0.15, -0.1) is 10.2 Å². The molecule has 3 N–H and O–H groups in total. The lowest BCUT2D eigenvalue weighted by Crippen LogP contribution is -2.20. The van der Waals surface area contributed by atoms with Crippen LogP contribution in [0.1, 0.15) is 17.4 Å². The fourth-order valence-electron chi connectivity index (χ4n) is 2.81. The highest BCUT2D eigenvalue weighted by molar-refractivity contribution is 6.31. The molecule has 184 valence electrons. The number of fused-ring (bicyclic) bond motifs is 1. The summed E-state index contributed by atoms with van der Waals surface area (Å²) in [6, 6.07) is 8.06. The standard InChI is InChI=1S/C24H22ClN7O4/c1-14(25)11-16(5-4-9-27-15(2)33)22(34)30-24-29-20-12-17(6-7-19(20)31-32-24)36-18-8-10-28-21(13-18)23(35)26-3/h4-8,10-13H,1,9H2,2-3H3,(H,26,35)(H,27,33)(H,29,30,32,34)/b5-4-,16-11+. The molecule has 0 unspecified atom stereocenters. The van der Waals surface area contributed by atoms with E-state index in [4.69, 9.17) is 16.3 Å². The number of hydrogen-bond donors (Lipinski definition) is 3. The summed E-state index contributed by atoms with van der Waals surface area (Å²) in [5.74, 6) is -0.312. The molecule has 12 heteroatoms. The third kappa shape index (κ3) is 7.43. The number of amides is 3. The Bertz CT molecular complexity index is 1390. The summed E-state index contributed by atoms with van der Waals surface area (Å²) in [4.78, 5) is 43.9. The molecule has 1 aromatic carbocycles. The molecular formula is C24H22ClN7O4. The fourth-order valence-corrected chi connectivity index (χ4v) is 2.93. The molecule has 0 aliphatic heterocycles. The molecule has 0 atom stereocenters. The van der Waals surface area contributed by atoms with Crippen molar-refractivity contribution >= 4 is 46.3 Å². The average molecular weight is 508 g/mol. The van der Waals surface area contributed by atoms with Gasteiger partial charge in [0.05, 0.1) is 5.52 Å². The average Bonchev–Trinajstić information content (AvgIpc) is 2.85. The largest absolute Gasteiger partial charge is 0.457 e. The molecule has 2 heterocycles. The second kappa shape index (κ2) is 12.2. The van der Waals surface area contributed by atoms with E-state index < -0.39 is 5.91 Å². The molecule has 3 amide bonds. The molecule has 0 saturated carbocycles. The van der Waals surface area contributed by atoms with Crippen molar-refractivity contribution in [2.45, 2.75) is 6.92 Å². The Labute approximate surface area is 211 Å². The number of allylic oxidation sites excluding steroid dienone is 2. The topological polar surface area (TPSA) is 148 Å². The first-order chi connectivity index (χ1) is 17.2. The Hall–Kier alpha value is -4.64. The van der Waals surface area contributed by atoms with Crippen LogP contribution < -0.4 is 20.7 Å². The number of rotatable bonds is 9. The minimum atomic E-state index is -0.553. The Morgan fingerprint density at radius 2 is 1.89 bits per heavy atom. The van der Waals surface area contributed by atoms with E-state index in [0.29, 0.717) is 22.5 Å². The van der Waals surface area contributed by atoms with Crippen molar-refractivity contribution in [3.05, 3.63) is 77.6 Å². The number of nitrogens with one attached hydrogen (secondary N) is 3. The summed E-state index contributed by atoms with van der Waals surface area (Å²) in [6.07, 6.45) is 5.90. The van der Waals surface area contributed by atoms with Crippen molar-refractivity contribution in [2.24, 2.45) is 0 Å². The summed E-state index contributed by atoms with van der Waals surface area (Å²) >= 11 is 5.84. The van der Waals surface area contributed by atoms with Crippen LogP contribution in [-0.4, -0.2) is 51.5 Å². The van der Waals surface area contributed by atoms with Crippen molar-refractivity contribution in [3.63, 3.8) is 0 Å². The van der Waals surface area contributed by atoms with Crippen LogP contribution >= 0.6 is 11.6 Å². The van der Waals surface area contributed by atoms with E-state index in [-0.39, 0.29) is 40.6 Å². The van der Waals surface area contributed by atoms with Gasteiger partial charge in [-0.25, -0.2) is 4.98 Å². The monoisotopic (exact) mass is 507 g/mol. The number of benzene rings is 1. The minimum Gasteiger partial charge on any atom is -0.457 e. The van der Waals surface area contributed by atoms with Crippen LogP contribution in [0.2, 0.25) is 0 Å². The zero-order chi connectivity index (χ0) is 26.1. The van der Waals surface area contributed by atoms with E-state index >= 15 is 0 Å². The molecule has 3 aromatic rings. The smallest absolute Gasteiger partial charge is 0.269 e. The molecule has 2 aromatic heterocycles. The quantitative estimate of drug-likeness (QED) is 0.296. The highest BCUT2D eigenvalue weighted by Gasteiger charge is 2.12. The fraction of sp³-hybridized carbons (Fsp3) is 0.125. The van der Waals surface area contributed by atoms with Gasteiger partial charge in [-0.2, -0.15) is 0 Å². The van der Waals surface area contributed by atoms with Gasteiger partial charge in [0.25, 0.3) is 11.8 Å². The lowest BCUT2D eigenvalue weighted by Gasteiger charge is -2.08. The number of aromatic nitrogens is 4. The molecule has 0 radical (unpaired) electrons. The van der Waals surface area contributed by atoms with Crippen molar-refractivity contribution < 1.29 is 19.1 Å². The number of ether oxygens (including phenoxy) is 1. The summed E-state index contributed by atoms with van der Waals surface area (Å²) in [7, 11) is 1.51. The van der Waals surface area contributed by atoms with Crippen molar-refractivity contribution in [2.75, 3.05) is 18.9 Å². The van der Waals surface area contributed by atoms with Crippen LogP contribution in [0, 0.1) is 0 Å². The summed E-state index contributed by atoms with van der Waals surface area (Å²) in [5.41, 5.74) is 1.26. The number of carbonyl (C=O) groups excluding carboxylic acids is 3. The Kier molecular flexibility index (Phi) is 8.79. The summed E-state index contributed by atoms with van der Waals surface area (Å²) in [6.45, 7) is 5.18. The van der Waals surface area contributed by atoms with Crippen LogP contribution in [0.5, 0.6) is 11.5 Å². The molecule has 3 rings (SSSR count). The van der Waals surface area contributed by atoms with Gasteiger partial charge in [-0.05, 0) is 24.3 Å². The first-order valence-corrected chi connectivity index (χ1v) is 10.9. The van der Waals surface area contributed by atoms with E-state index in [0.717, 1.165) is 0 Å². The van der Waals surface area contributed by atoms with Gasteiger partial charge in [0.1, 0.15) is 22.7 Å². The molecule has 36 heavy (non-hydrogen) atoms. The number of pyridine rings is 1. The maximum atomic E-state index is 12.7. The van der Waals surface area contributed by atoms with Crippen LogP contribution in [0.15, 0.2) is 71.9 Å². The van der Waals surface area contributed by atoms with Gasteiger partial charge in [0, 0.05) is 49.5 Å². The molecule has 0 aliphatic rings. The number of halogens is 1. The van der Waals surface area contributed by atoms with E-state index in [2.05, 4.69) is 42.7 Å². The lowest BCUT2D eigenvalue weighted by molar-refractivity contribution is -0.118. The first kappa shape index (κ1) is 26.0. The van der Waals surface area contributed by atoms with Crippen LogP contribution in [0.25, 0.3) is 11.0 Å². The van der Waals surface area contributed by atoms with Crippen LogP contribution in [0.4, 0.5) is 5.95 Å². The first-order valence-electron chi connectivity index (χ1n) is 10.5. The number of nitrogens with zero attached hydrogens (tertiary/aromatic N) is 4. The molecule has 0 bridgehead atoms. The van der Waals surface area contributed by atoms with Gasteiger partial charge < -0.3 is 15.4 Å². The normalized spacial score (nSPS) is 11.2. The molecule has 0 spiro atoms. The van der Waals surface area contributed by atoms with Crippen molar-refractivity contribution in [1.82, 2.24) is 30.8 Å². The molecule has 0 saturated heterocycles. The number of hydrogen-bond acceptors (Lipinski definition) is 8. The van der Waals surface area contributed by atoms with Crippen molar-refractivity contribution in [1.29, 1.82) is 0 Å². The molecule has 11 nitrogen and oxygen atoms in total. The predicted octanol–water partition coefficient (Wildman–Crippen LogP) is 2.88. The molecule has 0 aliphatic carbocycles. The van der Waals surface area contributed by atoms with Gasteiger partial charge in [-0.3, -0.25) is 24.7 Å². The van der Waals surface area contributed by atoms with E-state index in [1.165, 1.54) is 38.4 Å². The summed E-state index contributed by atoms with van der Waals surface area (Å²) < 4.78 is 5.83. The zero-order valence-electron chi connectivity index (χ0n) is 19.4. The Balaban J connectivity index is 1.79. The number of anilines is 1. The summed E-state index contributed by atoms with van der Waals surface area (Å²) in [5, 5.41) is 15.8. The SMILES string of the molecule is C=C(Cl)/C=C(\C=C/CNC(C)=O)C(=O)Nc1nnc2ccc(Oc3ccnc(C(=O)NC)c3)cc2n1. The lowest BCUT2D eigenvalue weighted by atomic mass is 10.2. The third-order valence-corrected chi connectivity index (χ3v) is 4.53. The van der Waals surface area contributed by atoms with Crippen molar-refractivity contribution in [3.8, 4) is 11.5 Å². The van der Waals surface area contributed by atoms with Gasteiger partial charge >= 0.3 is 0 Å². The van der Waals surface area contributed by atoms with Crippen LogP contribution in [-0.2, 0) is 9.59 Å². The second-order valence-corrected chi connectivity index (χ2v) is 7.67. The van der Waals surface area contributed by atoms with Crippen LogP contribution in [0.3, 0.4) is 0 Å². The zero-order valence-corrected chi connectivity index (χ0v) is 20.2. The number of carbonyl (C=O) groups is 3. The molecular weight excluding hydrogens is 486 g/mol. The second-order valence-electron chi connectivity index (χ2n) is 7.18. The maximum Gasteiger partial charge on any atom is 0.269 e.